The Hall–Kier alpha value is -1.72. The van der Waals surface area contributed by atoms with E-state index in [4.69, 9.17) is 5.11 Å². The number of benzene rings is 1. The molecule has 0 atom stereocenters. The van der Waals surface area contributed by atoms with Gasteiger partial charge in [-0.15, -0.1) is 0 Å². The lowest BCUT2D eigenvalue weighted by atomic mass is 10.1. The third-order valence-electron chi connectivity index (χ3n) is 4.31. The number of piperidine rings is 1. The molecule has 1 heterocycles. The molecule has 1 aromatic rings. The monoisotopic (exact) mass is 398 g/mol. The van der Waals surface area contributed by atoms with Crippen LogP contribution < -0.4 is 0 Å². The van der Waals surface area contributed by atoms with Gasteiger partial charge in [0.25, 0.3) is 0 Å². The molecule has 0 radical (unpaired) electrons. The Labute approximate surface area is 148 Å². The average Bonchev–Trinajstić information content (AvgIpc) is 2.53. The molecule has 0 aliphatic carbocycles. The summed E-state index contributed by atoms with van der Waals surface area (Å²) in [4.78, 5) is 11.5. The van der Waals surface area contributed by atoms with Gasteiger partial charge in [0.15, 0.2) is 0 Å². The van der Waals surface area contributed by atoms with Gasteiger partial charge in [-0.3, -0.25) is 9.69 Å². The minimum Gasteiger partial charge on any atom is -0.480 e. The highest BCUT2D eigenvalue weighted by Gasteiger charge is 2.35. The summed E-state index contributed by atoms with van der Waals surface area (Å²) in [5.74, 6) is -2.46. The molecule has 1 saturated heterocycles. The first-order chi connectivity index (χ1) is 11.9. The highest BCUT2D eigenvalue weighted by Crippen LogP contribution is 2.32. The van der Waals surface area contributed by atoms with Crippen LogP contribution in [0.3, 0.4) is 0 Å². The van der Waals surface area contributed by atoms with Crippen molar-refractivity contribution >= 4 is 16.0 Å². The van der Waals surface area contributed by atoms with Crippen LogP contribution >= 0.6 is 0 Å². The zero-order valence-electron chi connectivity index (χ0n) is 13.8. The van der Waals surface area contributed by atoms with Crippen molar-refractivity contribution in [2.75, 3.05) is 26.7 Å². The van der Waals surface area contributed by atoms with Gasteiger partial charge in [-0.2, -0.15) is 17.5 Å². The Bertz CT molecular complexity index is 774. The fraction of sp³-hybridized carbons (Fsp3) is 0.533. The quantitative estimate of drug-likeness (QED) is 0.768. The largest absolute Gasteiger partial charge is 0.480 e. The summed E-state index contributed by atoms with van der Waals surface area (Å²) in [6.07, 6.45) is -4.09. The van der Waals surface area contributed by atoms with Gasteiger partial charge in [-0.1, -0.05) is 0 Å². The molecule has 1 fully saturated rings. The highest BCUT2D eigenvalue weighted by atomic mass is 32.2. The van der Waals surface area contributed by atoms with Gasteiger partial charge in [-0.25, -0.2) is 12.8 Å². The third-order valence-corrected chi connectivity index (χ3v) is 6.24. The standard InChI is InChI=1S/C15H18F4N2O4S/c1-20(9-14(22)23)11-4-6-21(7-5-11)26(24,25)13-3-2-10(8-12(13)16)15(17,18)19/h2-3,8,11H,4-7,9H2,1H3,(H,22,23). The van der Waals surface area contributed by atoms with Crippen LogP contribution in [0.25, 0.3) is 0 Å². The molecule has 0 unspecified atom stereocenters. The first kappa shape index (κ1) is 20.6. The Balaban J connectivity index is 2.13. The maximum atomic E-state index is 14.0. The molecular weight excluding hydrogens is 380 g/mol. The van der Waals surface area contributed by atoms with Gasteiger partial charge in [-0.05, 0) is 38.1 Å². The van der Waals surface area contributed by atoms with Crippen LogP contribution in [0.1, 0.15) is 18.4 Å². The molecule has 26 heavy (non-hydrogen) atoms. The molecular formula is C15H18F4N2O4S. The van der Waals surface area contributed by atoms with Gasteiger partial charge in [0.2, 0.25) is 10.0 Å². The minimum absolute atomic E-state index is 0.0252. The number of likely N-dealkylation sites (N-methyl/N-ethyl adjacent to an activating group) is 1. The second-order valence-electron chi connectivity index (χ2n) is 6.09. The fourth-order valence-electron chi connectivity index (χ4n) is 2.89. The van der Waals surface area contributed by atoms with E-state index >= 15 is 0 Å². The summed E-state index contributed by atoms with van der Waals surface area (Å²) in [5, 5.41) is 8.78. The molecule has 0 saturated carbocycles. The Kier molecular flexibility index (Phi) is 5.93. The normalized spacial score (nSPS) is 17.6. The molecule has 6 nitrogen and oxygen atoms in total. The van der Waals surface area contributed by atoms with Crippen LogP contribution in [0, 0.1) is 5.82 Å². The number of hydrogen-bond donors (Lipinski definition) is 1. The first-order valence-electron chi connectivity index (χ1n) is 7.72. The fourth-order valence-corrected chi connectivity index (χ4v) is 4.41. The molecule has 1 aromatic carbocycles. The van der Waals surface area contributed by atoms with E-state index in [-0.39, 0.29) is 31.7 Å². The van der Waals surface area contributed by atoms with Crippen LogP contribution in [-0.4, -0.2) is 61.4 Å². The number of carbonyl (C=O) groups is 1. The molecule has 1 aliphatic rings. The zero-order valence-corrected chi connectivity index (χ0v) is 14.6. The lowest BCUT2D eigenvalue weighted by molar-refractivity contribution is -0.139. The second kappa shape index (κ2) is 7.49. The molecule has 0 bridgehead atoms. The first-order valence-corrected chi connectivity index (χ1v) is 9.16. The smallest absolute Gasteiger partial charge is 0.416 e. The summed E-state index contributed by atoms with van der Waals surface area (Å²) in [5.41, 5.74) is -1.26. The van der Waals surface area contributed by atoms with Crippen molar-refractivity contribution in [1.29, 1.82) is 0 Å². The maximum absolute atomic E-state index is 14.0. The highest BCUT2D eigenvalue weighted by molar-refractivity contribution is 7.89. The average molecular weight is 398 g/mol. The van der Waals surface area contributed by atoms with E-state index in [1.807, 2.05) is 0 Å². The van der Waals surface area contributed by atoms with Crippen molar-refractivity contribution in [3.63, 3.8) is 0 Å². The van der Waals surface area contributed by atoms with Crippen molar-refractivity contribution in [1.82, 2.24) is 9.21 Å². The predicted octanol–water partition coefficient (Wildman–Crippen LogP) is 2.01. The van der Waals surface area contributed by atoms with E-state index in [0.29, 0.717) is 25.0 Å². The van der Waals surface area contributed by atoms with Gasteiger partial charge < -0.3 is 5.11 Å². The van der Waals surface area contributed by atoms with Crippen molar-refractivity contribution in [2.45, 2.75) is 30.0 Å². The number of alkyl halides is 3. The molecule has 1 N–H and O–H groups in total. The minimum atomic E-state index is -4.77. The Morgan fingerprint density at radius 2 is 1.88 bits per heavy atom. The molecule has 11 heteroatoms. The molecule has 0 spiro atoms. The summed E-state index contributed by atoms with van der Waals surface area (Å²) in [6, 6.07) is 1.18. The van der Waals surface area contributed by atoms with Crippen LogP contribution in [-0.2, 0) is 21.0 Å². The predicted molar refractivity (Wildman–Crippen MR) is 83.4 cm³/mol. The number of hydrogen-bond acceptors (Lipinski definition) is 4. The molecule has 146 valence electrons. The number of carboxylic acid groups (broad SMARTS) is 1. The number of sulfonamides is 1. The topological polar surface area (TPSA) is 77.9 Å². The molecule has 0 amide bonds. The lowest BCUT2D eigenvalue weighted by Crippen LogP contribution is -2.46. The van der Waals surface area contributed by atoms with Crippen molar-refractivity contribution < 1.29 is 35.9 Å². The number of halogens is 4. The number of rotatable bonds is 5. The van der Waals surface area contributed by atoms with E-state index in [1.54, 1.807) is 11.9 Å². The van der Waals surface area contributed by atoms with Crippen molar-refractivity contribution in [2.24, 2.45) is 0 Å². The van der Waals surface area contributed by atoms with Crippen LogP contribution in [0.4, 0.5) is 17.6 Å². The summed E-state index contributed by atoms with van der Waals surface area (Å²) >= 11 is 0. The molecule has 1 aliphatic heterocycles. The van der Waals surface area contributed by atoms with E-state index in [9.17, 15) is 30.8 Å². The number of carboxylic acids is 1. The van der Waals surface area contributed by atoms with Gasteiger partial charge >= 0.3 is 12.1 Å². The van der Waals surface area contributed by atoms with Gasteiger partial charge in [0, 0.05) is 19.1 Å². The van der Waals surface area contributed by atoms with Gasteiger partial charge in [0.05, 0.1) is 12.1 Å². The maximum Gasteiger partial charge on any atom is 0.416 e. The summed E-state index contributed by atoms with van der Waals surface area (Å²) in [7, 11) is -2.66. The van der Waals surface area contributed by atoms with Crippen molar-refractivity contribution in [3.8, 4) is 0 Å². The number of nitrogens with zero attached hydrogens (tertiary/aromatic N) is 2. The third kappa shape index (κ3) is 4.51. The summed E-state index contributed by atoms with van der Waals surface area (Å²) in [6.45, 7) is -0.139. The SMILES string of the molecule is CN(CC(=O)O)C1CCN(S(=O)(=O)c2ccc(C(F)(F)F)cc2F)CC1. The molecule has 0 aromatic heterocycles. The zero-order chi connectivity index (χ0) is 19.7. The second-order valence-corrected chi connectivity index (χ2v) is 7.99. The van der Waals surface area contributed by atoms with Crippen LogP contribution in [0.2, 0.25) is 0 Å². The summed E-state index contributed by atoms with van der Waals surface area (Å²) < 4.78 is 77.8. The number of aliphatic carboxylic acids is 1. The van der Waals surface area contributed by atoms with Crippen LogP contribution in [0.15, 0.2) is 23.1 Å². The van der Waals surface area contributed by atoms with Gasteiger partial charge in [0.1, 0.15) is 10.7 Å². The lowest BCUT2D eigenvalue weighted by Gasteiger charge is -2.35. The van der Waals surface area contributed by atoms with E-state index < -0.39 is 38.4 Å². The van der Waals surface area contributed by atoms with E-state index in [0.717, 1.165) is 4.31 Å². The van der Waals surface area contributed by atoms with E-state index in [1.165, 1.54) is 0 Å². The van der Waals surface area contributed by atoms with Crippen LogP contribution in [0.5, 0.6) is 0 Å². The molecule has 2 rings (SSSR count). The van der Waals surface area contributed by atoms with E-state index in [2.05, 4.69) is 0 Å². The Morgan fingerprint density at radius 3 is 2.35 bits per heavy atom. The Morgan fingerprint density at radius 1 is 1.31 bits per heavy atom. The van der Waals surface area contributed by atoms with Crippen molar-refractivity contribution in [3.05, 3.63) is 29.6 Å².